The van der Waals surface area contributed by atoms with Gasteiger partial charge in [0.1, 0.15) is 0 Å². The Morgan fingerprint density at radius 3 is 2.87 bits per heavy atom. The van der Waals surface area contributed by atoms with Crippen molar-refractivity contribution in [2.24, 2.45) is 5.73 Å². The Morgan fingerprint density at radius 2 is 2.13 bits per heavy atom. The zero-order valence-corrected chi connectivity index (χ0v) is 8.96. The Bertz CT molecular complexity index is 532. The summed E-state index contributed by atoms with van der Waals surface area (Å²) in [4.78, 5) is 4.30. The minimum atomic E-state index is -0.161. The molecule has 1 aromatic carbocycles. The lowest BCUT2D eigenvalue weighted by atomic mass is 10.0. The van der Waals surface area contributed by atoms with E-state index >= 15 is 0 Å². The first kappa shape index (κ1) is 9.13. The van der Waals surface area contributed by atoms with Crippen LogP contribution in [0.5, 0.6) is 0 Å². The van der Waals surface area contributed by atoms with Crippen molar-refractivity contribution in [2.75, 3.05) is 0 Å². The minimum absolute atomic E-state index is 0.161. The molecule has 0 bridgehead atoms. The fraction of sp³-hybridized carbons (Fsp3) is 0.250. The van der Waals surface area contributed by atoms with E-state index in [9.17, 15) is 0 Å². The molecular formula is C12H11ClN2. The van der Waals surface area contributed by atoms with Crippen LogP contribution >= 0.6 is 11.6 Å². The Hall–Kier alpha value is -1.12. The highest BCUT2D eigenvalue weighted by Crippen LogP contribution is 2.45. The lowest BCUT2D eigenvalue weighted by molar-refractivity contribution is 0.748. The van der Waals surface area contributed by atoms with Gasteiger partial charge in [0.2, 0.25) is 0 Å². The molecule has 0 unspecified atom stereocenters. The molecule has 3 heteroatoms. The highest BCUT2D eigenvalue weighted by Gasteiger charge is 2.41. The molecule has 2 N–H and O–H groups in total. The van der Waals surface area contributed by atoms with Gasteiger partial charge in [0.05, 0.1) is 5.52 Å². The maximum atomic E-state index is 6.22. The second-order valence-corrected chi connectivity index (χ2v) is 4.62. The van der Waals surface area contributed by atoms with E-state index in [1.54, 1.807) is 6.20 Å². The maximum Gasteiger partial charge on any atom is 0.0720 e. The fourth-order valence-corrected chi connectivity index (χ4v) is 2.18. The minimum Gasteiger partial charge on any atom is -0.321 e. The van der Waals surface area contributed by atoms with Gasteiger partial charge in [0.25, 0.3) is 0 Å². The summed E-state index contributed by atoms with van der Waals surface area (Å²) in [5, 5.41) is 1.84. The number of pyridine rings is 1. The van der Waals surface area contributed by atoms with Gasteiger partial charge in [-0.25, -0.2) is 0 Å². The van der Waals surface area contributed by atoms with Crippen LogP contribution < -0.4 is 5.73 Å². The number of nitrogens with zero attached hydrogens (tertiary/aromatic N) is 1. The van der Waals surface area contributed by atoms with Gasteiger partial charge in [-0.05, 0) is 36.6 Å². The predicted octanol–water partition coefficient (Wildman–Crippen LogP) is 2.84. The average Bonchev–Trinajstić information content (AvgIpc) is 2.96. The van der Waals surface area contributed by atoms with Crippen molar-refractivity contribution >= 4 is 22.5 Å². The van der Waals surface area contributed by atoms with Gasteiger partial charge in [-0.2, -0.15) is 0 Å². The quantitative estimate of drug-likeness (QED) is 0.800. The molecule has 1 aliphatic carbocycles. The van der Waals surface area contributed by atoms with Crippen LogP contribution in [-0.4, -0.2) is 4.98 Å². The molecule has 2 aromatic rings. The summed E-state index contributed by atoms with van der Waals surface area (Å²) in [5.41, 5.74) is 8.12. The average molecular weight is 219 g/mol. The summed E-state index contributed by atoms with van der Waals surface area (Å²) in [6, 6.07) is 7.84. The Kier molecular flexibility index (Phi) is 1.79. The van der Waals surface area contributed by atoms with E-state index in [4.69, 9.17) is 17.3 Å². The van der Waals surface area contributed by atoms with E-state index in [-0.39, 0.29) is 5.54 Å². The van der Waals surface area contributed by atoms with Crippen molar-refractivity contribution in [1.82, 2.24) is 4.98 Å². The molecule has 1 aromatic heterocycles. The highest BCUT2D eigenvalue weighted by molar-refractivity contribution is 6.31. The molecule has 2 nitrogen and oxygen atoms in total. The van der Waals surface area contributed by atoms with Crippen molar-refractivity contribution in [3.63, 3.8) is 0 Å². The van der Waals surface area contributed by atoms with Crippen LogP contribution in [0.15, 0.2) is 30.5 Å². The van der Waals surface area contributed by atoms with Crippen molar-refractivity contribution in [3.8, 4) is 0 Å². The van der Waals surface area contributed by atoms with Gasteiger partial charge in [-0.15, -0.1) is 0 Å². The number of nitrogens with two attached hydrogens (primary N) is 1. The highest BCUT2D eigenvalue weighted by atomic mass is 35.5. The number of benzene rings is 1. The van der Waals surface area contributed by atoms with Crippen molar-refractivity contribution < 1.29 is 0 Å². The second kappa shape index (κ2) is 2.94. The molecule has 1 fully saturated rings. The van der Waals surface area contributed by atoms with Crippen molar-refractivity contribution in [2.45, 2.75) is 18.4 Å². The zero-order chi connectivity index (χ0) is 10.5. The van der Waals surface area contributed by atoms with Crippen LogP contribution in [0.3, 0.4) is 0 Å². The van der Waals surface area contributed by atoms with Gasteiger partial charge in [-0.1, -0.05) is 17.7 Å². The van der Waals surface area contributed by atoms with E-state index in [0.29, 0.717) is 5.02 Å². The molecule has 15 heavy (non-hydrogen) atoms. The van der Waals surface area contributed by atoms with Gasteiger partial charge in [0.15, 0.2) is 0 Å². The third-order valence-corrected chi connectivity index (χ3v) is 3.23. The van der Waals surface area contributed by atoms with Crippen LogP contribution in [0.25, 0.3) is 10.9 Å². The molecule has 0 saturated heterocycles. The number of hydrogen-bond acceptors (Lipinski definition) is 2. The number of rotatable bonds is 1. The standard InChI is InChI=1S/C12H11ClN2/c13-8-6-10(12(14)3-4-12)9-2-1-5-15-11(9)7-8/h1-2,5-7H,3-4,14H2. The Balaban J connectivity index is 2.36. The van der Waals surface area contributed by atoms with Gasteiger partial charge in [0, 0.05) is 22.1 Å². The first-order valence-electron chi connectivity index (χ1n) is 5.03. The largest absolute Gasteiger partial charge is 0.321 e. The first-order valence-corrected chi connectivity index (χ1v) is 5.40. The van der Waals surface area contributed by atoms with Crippen LogP contribution in [0, 0.1) is 0 Å². The van der Waals surface area contributed by atoms with Crippen LogP contribution in [0.1, 0.15) is 18.4 Å². The van der Waals surface area contributed by atoms with Crippen molar-refractivity contribution in [1.29, 1.82) is 0 Å². The molecular weight excluding hydrogens is 208 g/mol. The Labute approximate surface area is 93.1 Å². The topological polar surface area (TPSA) is 38.9 Å². The SMILES string of the molecule is NC1(c2cc(Cl)cc3ncccc23)CC1. The summed E-state index contributed by atoms with van der Waals surface area (Å²) in [6.07, 6.45) is 3.85. The molecule has 3 rings (SSSR count). The van der Waals surface area contributed by atoms with Crippen LogP contribution in [0.4, 0.5) is 0 Å². The van der Waals surface area contributed by atoms with Gasteiger partial charge < -0.3 is 5.73 Å². The zero-order valence-electron chi connectivity index (χ0n) is 8.20. The van der Waals surface area contributed by atoms with Gasteiger partial charge >= 0.3 is 0 Å². The molecule has 0 spiro atoms. The predicted molar refractivity (Wildman–Crippen MR) is 61.9 cm³/mol. The molecule has 0 atom stereocenters. The van der Waals surface area contributed by atoms with E-state index in [1.165, 1.54) is 0 Å². The summed E-state index contributed by atoms with van der Waals surface area (Å²) in [5.74, 6) is 0. The van der Waals surface area contributed by atoms with Crippen molar-refractivity contribution in [3.05, 3.63) is 41.0 Å². The smallest absolute Gasteiger partial charge is 0.0720 e. The van der Waals surface area contributed by atoms with E-state index < -0.39 is 0 Å². The summed E-state index contributed by atoms with van der Waals surface area (Å²) in [6.45, 7) is 0. The molecule has 0 radical (unpaired) electrons. The molecule has 0 aliphatic heterocycles. The van der Waals surface area contributed by atoms with Gasteiger partial charge in [-0.3, -0.25) is 4.98 Å². The third-order valence-electron chi connectivity index (χ3n) is 3.01. The molecule has 1 saturated carbocycles. The third kappa shape index (κ3) is 1.41. The monoisotopic (exact) mass is 218 g/mol. The van der Waals surface area contributed by atoms with Crippen LogP contribution in [-0.2, 0) is 5.54 Å². The Morgan fingerprint density at radius 1 is 1.33 bits per heavy atom. The van der Waals surface area contributed by atoms with E-state index in [1.807, 2.05) is 18.2 Å². The maximum absolute atomic E-state index is 6.22. The molecule has 76 valence electrons. The van der Waals surface area contributed by atoms with E-state index in [0.717, 1.165) is 29.3 Å². The van der Waals surface area contributed by atoms with Crippen LogP contribution in [0.2, 0.25) is 5.02 Å². The summed E-state index contributed by atoms with van der Waals surface area (Å²) < 4.78 is 0. The van der Waals surface area contributed by atoms with E-state index in [2.05, 4.69) is 11.1 Å². The molecule has 0 amide bonds. The fourth-order valence-electron chi connectivity index (χ4n) is 1.96. The molecule has 1 aliphatic rings. The lowest BCUT2D eigenvalue weighted by Crippen LogP contribution is -2.19. The lowest BCUT2D eigenvalue weighted by Gasteiger charge is -2.12. The number of hydrogen-bond donors (Lipinski definition) is 1. The normalized spacial score (nSPS) is 18.0. The molecule has 1 heterocycles. The summed E-state index contributed by atoms with van der Waals surface area (Å²) >= 11 is 6.06. The second-order valence-electron chi connectivity index (χ2n) is 4.18. The first-order chi connectivity index (χ1) is 7.19. The number of fused-ring (bicyclic) bond motifs is 1. The number of aromatic nitrogens is 1. The number of halogens is 1. The summed E-state index contributed by atoms with van der Waals surface area (Å²) in [7, 11) is 0.